The molecule has 1 N–H and O–H groups in total. The van der Waals surface area contributed by atoms with Crippen molar-refractivity contribution in [2.75, 3.05) is 13.2 Å². The largest absolute Gasteiger partial charge is 0.493 e. The maximum atomic E-state index is 8.74. The molecule has 0 saturated carbocycles. The highest BCUT2D eigenvalue weighted by Gasteiger charge is 2.12. The van der Waals surface area contributed by atoms with Gasteiger partial charge < -0.3 is 14.4 Å². The molecule has 0 radical (unpaired) electrons. The minimum absolute atomic E-state index is 0.189. The molecule has 0 fully saturated rings. The van der Waals surface area contributed by atoms with Crippen molar-refractivity contribution < 1.29 is 14.4 Å². The highest BCUT2D eigenvalue weighted by Crippen LogP contribution is 2.27. The van der Waals surface area contributed by atoms with Gasteiger partial charge >= 0.3 is 0 Å². The molecule has 0 bridgehead atoms. The van der Waals surface area contributed by atoms with Gasteiger partial charge in [0.15, 0.2) is 0 Å². The molecule has 0 unspecified atom stereocenters. The summed E-state index contributed by atoms with van der Waals surface area (Å²) in [7, 11) is 0. The van der Waals surface area contributed by atoms with Crippen molar-refractivity contribution in [2.24, 2.45) is 0 Å². The summed E-state index contributed by atoms with van der Waals surface area (Å²) in [4.78, 5) is 4.36. The number of aromatic nitrogens is 2. The molecule has 5 nitrogen and oxygen atoms in total. The summed E-state index contributed by atoms with van der Waals surface area (Å²) >= 11 is 0. The van der Waals surface area contributed by atoms with E-state index in [1.807, 2.05) is 31.2 Å². The predicted octanol–water partition coefficient (Wildman–Crippen LogP) is 2.45. The first-order chi connectivity index (χ1) is 9.35. The van der Waals surface area contributed by atoms with Crippen LogP contribution in [0, 0.1) is 0 Å². The van der Waals surface area contributed by atoms with Crippen molar-refractivity contribution in [1.82, 2.24) is 10.1 Å². The first-order valence-corrected chi connectivity index (χ1v) is 6.50. The number of rotatable bonds is 7. The Balaban J connectivity index is 2.13. The van der Waals surface area contributed by atoms with Crippen LogP contribution in [0.3, 0.4) is 0 Å². The lowest BCUT2D eigenvalue weighted by molar-refractivity contribution is 0.281. The van der Waals surface area contributed by atoms with Gasteiger partial charge in [-0.25, -0.2) is 0 Å². The lowest BCUT2D eigenvalue weighted by atomic mass is 10.2. The van der Waals surface area contributed by atoms with Crippen molar-refractivity contribution in [2.45, 2.75) is 26.2 Å². The fourth-order valence-electron chi connectivity index (χ4n) is 1.79. The Morgan fingerprint density at radius 2 is 2.11 bits per heavy atom. The maximum Gasteiger partial charge on any atom is 0.226 e. The van der Waals surface area contributed by atoms with E-state index in [-0.39, 0.29) is 6.61 Å². The van der Waals surface area contributed by atoms with E-state index >= 15 is 0 Å². The molecule has 1 heterocycles. The number of para-hydroxylation sites is 1. The third kappa shape index (κ3) is 3.54. The average molecular weight is 262 g/mol. The fourth-order valence-corrected chi connectivity index (χ4v) is 1.79. The van der Waals surface area contributed by atoms with Crippen molar-refractivity contribution >= 4 is 0 Å². The summed E-state index contributed by atoms with van der Waals surface area (Å²) in [5, 5.41) is 12.7. The van der Waals surface area contributed by atoms with Crippen LogP contribution in [0.2, 0.25) is 0 Å². The molecule has 0 saturated heterocycles. The maximum absolute atomic E-state index is 8.74. The Morgan fingerprint density at radius 3 is 2.89 bits per heavy atom. The SMILES string of the molecule is CCOc1ccccc1-c1noc(CCCCO)n1. The third-order valence-corrected chi connectivity index (χ3v) is 2.69. The van der Waals surface area contributed by atoms with Gasteiger partial charge in [-0.2, -0.15) is 4.98 Å². The zero-order valence-electron chi connectivity index (χ0n) is 11.0. The van der Waals surface area contributed by atoms with Gasteiger partial charge in [-0.05, 0) is 31.9 Å². The van der Waals surface area contributed by atoms with Gasteiger partial charge in [0.05, 0.1) is 12.2 Å². The molecule has 0 aliphatic carbocycles. The highest BCUT2D eigenvalue weighted by atomic mass is 16.5. The summed E-state index contributed by atoms with van der Waals surface area (Å²) in [5.74, 6) is 1.89. The molecular weight excluding hydrogens is 244 g/mol. The summed E-state index contributed by atoms with van der Waals surface area (Å²) in [5.41, 5.74) is 0.835. The highest BCUT2D eigenvalue weighted by molar-refractivity contribution is 5.63. The molecule has 0 aliphatic rings. The Labute approximate surface area is 112 Å². The molecule has 2 aromatic rings. The monoisotopic (exact) mass is 262 g/mol. The Morgan fingerprint density at radius 1 is 1.26 bits per heavy atom. The number of hydrogen-bond donors (Lipinski definition) is 1. The quantitative estimate of drug-likeness (QED) is 0.776. The van der Waals surface area contributed by atoms with Crippen LogP contribution in [0.15, 0.2) is 28.8 Å². The second-order valence-corrected chi connectivity index (χ2v) is 4.12. The summed E-state index contributed by atoms with van der Waals surface area (Å²) in [6, 6.07) is 7.63. The smallest absolute Gasteiger partial charge is 0.226 e. The first-order valence-electron chi connectivity index (χ1n) is 6.50. The summed E-state index contributed by atoms with van der Waals surface area (Å²) < 4.78 is 10.7. The van der Waals surface area contributed by atoms with E-state index in [9.17, 15) is 0 Å². The molecule has 2 rings (SSSR count). The second kappa shape index (κ2) is 6.89. The van der Waals surface area contributed by atoms with Crippen molar-refractivity contribution in [3.8, 4) is 17.1 Å². The topological polar surface area (TPSA) is 68.4 Å². The van der Waals surface area contributed by atoms with Gasteiger partial charge in [-0.1, -0.05) is 17.3 Å². The van der Waals surface area contributed by atoms with E-state index in [1.165, 1.54) is 0 Å². The standard InChI is InChI=1S/C14H18N2O3/c1-2-18-12-8-4-3-7-11(12)14-15-13(19-16-14)9-5-6-10-17/h3-4,7-8,17H,2,5-6,9-10H2,1H3. The number of aliphatic hydroxyl groups excluding tert-OH is 1. The van der Waals surface area contributed by atoms with Gasteiger partial charge in [0.1, 0.15) is 5.75 Å². The molecule has 0 amide bonds. The number of benzene rings is 1. The van der Waals surface area contributed by atoms with E-state index in [0.717, 1.165) is 24.2 Å². The lowest BCUT2D eigenvalue weighted by Crippen LogP contribution is -1.94. The number of unbranched alkanes of at least 4 members (excludes halogenated alkanes) is 1. The Kier molecular flexibility index (Phi) is 4.92. The van der Waals surface area contributed by atoms with Gasteiger partial charge in [-0.3, -0.25) is 0 Å². The molecule has 0 atom stereocenters. The van der Waals surface area contributed by atoms with E-state index < -0.39 is 0 Å². The number of nitrogens with zero attached hydrogens (tertiary/aromatic N) is 2. The minimum Gasteiger partial charge on any atom is -0.493 e. The summed E-state index contributed by atoms with van der Waals surface area (Å²) in [6.07, 6.45) is 2.27. The van der Waals surface area contributed by atoms with E-state index in [4.69, 9.17) is 14.4 Å². The third-order valence-electron chi connectivity index (χ3n) is 2.69. The van der Waals surface area contributed by atoms with Crippen molar-refractivity contribution in [1.29, 1.82) is 0 Å². The van der Waals surface area contributed by atoms with Crippen LogP contribution in [0.4, 0.5) is 0 Å². The number of ether oxygens (including phenoxy) is 1. The Bertz CT molecular complexity index is 511. The molecule has 1 aromatic heterocycles. The second-order valence-electron chi connectivity index (χ2n) is 4.12. The normalized spacial score (nSPS) is 10.6. The average Bonchev–Trinajstić information content (AvgIpc) is 2.89. The molecule has 0 aliphatic heterocycles. The van der Waals surface area contributed by atoms with E-state index in [2.05, 4.69) is 10.1 Å². The van der Waals surface area contributed by atoms with Crippen LogP contribution >= 0.6 is 0 Å². The van der Waals surface area contributed by atoms with E-state index in [0.29, 0.717) is 24.7 Å². The molecule has 1 aromatic carbocycles. The van der Waals surface area contributed by atoms with Crippen LogP contribution in [0.25, 0.3) is 11.4 Å². The van der Waals surface area contributed by atoms with Gasteiger partial charge in [0.25, 0.3) is 0 Å². The van der Waals surface area contributed by atoms with Crippen molar-refractivity contribution in [3.05, 3.63) is 30.2 Å². The van der Waals surface area contributed by atoms with Crippen LogP contribution < -0.4 is 4.74 Å². The van der Waals surface area contributed by atoms with Gasteiger partial charge in [-0.15, -0.1) is 0 Å². The number of aliphatic hydroxyl groups is 1. The van der Waals surface area contributed by atoms with Crippen LogP contribution in [0.1, 0.15) is 25.7 Å². The molecule has 102 valence electrons. The molecule has 19 heavy (non-hydrogen) atoms. The Hall–Kier alpha value is -1.88. The lowest BCUT2D eigenvalue weighted by Gasteiger charge is -2.05. The fraction of sp³-hybridized carbons (Fsp3) is 0.429. The van der Waals surface area contributed by atoms with Gasteiger partial charge in [0.2, 0.25) is 11.7 Å². The van der Waals surface area contributed by atoms with Crippen LogP contribution in [-0.4, -0.2) is 28.5 Å². The molecular formula is C14H18N2O3. The zero-order chi connectivity index (χ0) is 13.5. The molecule has 0 spiro atoms. The van der Waals surface area contributed by atoms with Gasteiger partial charge in [0, 0.05) is 13.0 Å². The van der Waals surface area contributed by atoms with Crippen LogP contribution in [0.5, 0.6) is 5.75 Å². The zero-order valence-corrected chi connectivity index (χ0v) is 11.0. The van der Waals surface area contributed by atoms with E-state index in [1.54, 1.807) is 0 Å². The number of aryl methyl sites for hydroxylation is 1. The molecule has 5 heteroatoms. The van der Waals surface area contributed by atoms with Crippen LogP contribution in [-0.2, 0) is 6.42 Å². The van der Waals surface area contributed by atoms with Crippen molar-refractivity contribution in [3.63, 3.8) is 0 Å². The summed E-state index contributed by atoms with van der Waals surface area (Å²) in [6.45, 7) is 2.72. The number of hydrogen-bond acceptors (Lipinski definition) is 5. The first kappa shape index (κ1) is 13.5. The predicted molar refractivity (Wildman–Crippen MR) is 70.9 cm³/mol. The minimum atomic E-state index is 0.189.